The SMILES string of the molecule is CCC(=O)c1cnc(N2CCN([C@@H](C)c3ccc4c(c3)OCO4)CC2)s1. The van der Waals surface area contributed by atoms with Crippen molar-refractivity contribution in [1.82, 2.24) is 9.88 Å². The lowest BCUT2D eigenvalue weighted by atomic mass is 10.1. The van der Waals surface area contributed by atoms with E-state index in [9.17, 15) is 4.79 Å². The molecule has 1 aromatic heterocycles. The number of thiazole rings is 1. The maximum Gasteiger partial charge on any atom is 0.231 e. The fourth-order valence-electron chi connectivity index (χ4n) is 3.40. The van der Waals surface area contributed by atoms with Gasteiger partial charge in [-0.05, 0) is 24.6 Å². The minimum absolute atomic E-state index is 0.170. The van der Waals surface area contributed by atoms with E-state index >= 15 is 0 Å². The first-order valence-corrected chi connectivity index (χ1v) is 9.85. The molecule has 1 aromatic carbocycles. The van der Waals surface area contributed by atoms with Crippen molar-refractivity contribution in [2.75, 3.05) is 37.9 Å². The minimum Gasteiger partial charge on any atom is -0.454 e. The molecule has 26 heavy (non-hydrogen) atoms. The highest BCUT2D eigenvalue weighted by molar-refractivity contribution is 7.17. The number of piperazine rings is 1. The monoisotopic (exact) mass is 373 g/mol. The molecule has 0 N–H and O–H groups in total. The molecule has 0 radical (unpaired) electrons. The standard InChI is InChI=1S/C19H23N3O3S/c1-3-15(23)18-11-20-19(26-18)22-8-6-21(7-9-22)13(2)14-4-5-16-17(10-14)25-12-24-16/h4-5,10-11,13H,3,6-9,12H2,1-2H3/t13-/m0/s1. The highest BCUT2D eigenvalue weighted by Gasteiger charge is 2.25. The first-order chi connectivity index (χ1) is 12.7. The number of fused-ring (bicyclic) bond motifs is 1. The van der Waals surface area contributed by atoms with Gasteiger partial charge in [-0.3, -0.25) is 9.69 Å². The molecule has 4 rings (SSSR count). The molecule has 6 nitrogen and oxygen atoms in total. The van der Waals surface area contributed by atoms with Crippen LogP contribution in [0.5, 0.6) is 11.5 Å². The molecule has 0 spiro atoms. The maximum absolute atomic E-state index is 11.8. The van der Waals surface area contributed by atoms with Crippen LogP contribution in [0.3, 0.4) is 0 Å². The van der Waals surface area contributed by atoms with Gasteiger partial charge in [-0.1, -0.05) is 24.3 Å². The topological polar surface area (TPSA) is 54.9 Å². The normalized spacial score (nSPS) is 18.2. The molecule has 2 aliphatic rings. The van der Waals surface area contributed by atoms with Crippen LogP contribution in [-0.2, 0) is 0 Å². The van der Waals surface area contributed by atoms with E-state index in [0.29, 0.717) is 19.3 Å². The average Bonchev–Trinajstić information content (AvgIpc) is 3.35. The van der Waals surface area contributed by atoms with Crippen molar-refractivity contribution in [2.24, 2.45) is 0 Å². The molecule has 7 heteroatoms. The van der Waals surface area contributed by atoms with Gasteiger partial charge in [0.05, 0.1) is 11.1 Å². The maximum atomic E-state index is 11.8. The lowest BCUT2D eigenvalue weighted by molar-refractivity contribution is 0.0992. The molecule has 1 atom stereocenters. The summed E-state index contributed by atoms with van der Waals surface area (Å²) in [5, 5.41) is 0.956. The zero-order valence-electron chi connectivity index (χ0n) is 15.1. The van der Waals surface area contributed by atoms with E-state index in [1.54, 1.807) is 6.20 Å². The number of benzene rings is 1. The molecule has 1 fully saturated rings. The molecule has 1 saturated heterocycles. The number of carbonyl (C=O) groups is 1. The summed E-state index contributed by atoms with van der Waals surface area (Å²) >= 11 is 1.51. The Kier molecular flexibility index (Phi) is 4.82. The average molecular weight is 373 g/mol. The zero-order valence-corrected chi connectivity index (χ0v) is 15.9. The number of carbonyl (C=O) groups excluding carboxylic acids is 1. The number of hydrogen-bond donors (Lipinski definition) is 0. The third kappa shape index (κ3) is 3.29. The number of Topliss-reactive ketones (excluding diaryl/α,β-unsaturated/α-hetero) is 1. The van der Waals surface area contributed by atoms with Crippen LogP contribution in [-0.4, -0.2) is 48.6 Å². The van der Waals surface area contributed by atoms with Gasteiger partial charge in [0.25, 0.3) is 0 Å². The second-order valence-electron chi connectivity index (χ2n) is 6.60. The summed E-state index contributed by atoms with van der Waals surface area (Å²) < 4.78 is 10.9. The van der Waals surface area contributed by atoms with Gasteiger partial charge in [-0.15, -0.1) is 0 Å². The van der Waals surface area contributed by atoms with Crippen molar-refractivity contribution < 1.29 is 14.3 Å². The molecule has 138 valence electrons. The summed E-state index contributed by atoms with van der Waals surface area (Å²) in [6.45, 7) is 8.19. The van der Waals surface area contributed by atoms with Gasteiger partial charge in [0.1, 0.15) is 0 Å². The predicted octanol–water partition coefficient (Wildman–Crippen LogP) is 3.35. The molecule has 0 aliphatic carbocycles. The highest BCUT2D eigenvalue weighted by Crippen LogP contribution is 2.35. The summed E-state index contributed by atoms with van der Waals surface area (Å²) in [7, 11) is 0. The van der Waals surface area contributed by atoms with Crippen molar-refractivity contribution in [1.29, 1.82) is 0 Å². The van der Waals surface area contributed by atoms with E-state index in [2.05, 4.69) is 33.8 Å². The molecule has 3 heterocycles. The highest BCUT2D eigenvalue weighted by atomic mass is 32.1. The number of rotatable bonds is 5. The largest absolute Gasteiger partial charge is 0.454 e. The summed E-state index contributed by atoms with van der Waals surface area (Å²) in [5.74, 6) is 1.83. The Bertz CT molecular complexity index is 799. The molecular formula is C19H23N3O3S. The van der Waals surface area contributed by atoms with E-state index in [-0.39, 0.29) is 5.78 Å². The van der Waals surface area contributed by atoms with Crippen LogP contribution in [0, 0.1) is 0 Å². The van der Waals surface area contributed by atoms with E-state index in [4.69, 9.17) is 9.47 Å². The van der Waals surface area contributed by atoms with E-state index in [1.165, 1.54) is 16.9 Å². The van der Waals surface area contributed by atoms with Crippen LogP contribution in [0.4, 0.5) is 5.13 Å². The molecule has 2 aliphatic heterocycles. The number of ketones is 1. The number of hydrogen-bond acceptors (Lipinski definition) is 7. The second kappa shape index (κ2) is 7.25. The van der Waals surface area contributed by atoms with Crippen molar-refractivity contribution in [2.45, 2.75) is 26.3 Å². The van der Waals surface area contributed by atoms with Gasteiger partial charge >= 0.3 is 0 Å². The first kappa shape index (κ1) is 17.3. The van der Waals surface area contributed by atoms with Gasteiger partial charge < -0.3 is 14.4 Å². The van der Waals surface area contributed by atoms with Crippen molar-refractivity contribution in [3.8, 4) is 11.5 Å². The Labute approximate surface area is 157 Å². The Hall–Kier alpha value is -2.12. The Morgan fingerprint density at radius 1 is 1.23 bits per heavy atom. The minimum atomic E-state index is 0.170. The number of ether oxygens (including phenoxy) is 2. The first-order valence-electron chi connectivity index (χ1n) is 9.03. The van der Waals surface area contributed by atoms with E-state index in [1.807, 2.05) is 13.0 Å². The number of anilines is 1. The van der Waals surface area contributed by atoms with Crippen LogP contribution >= 0.6 is 11.3 Å². The number of aromatic nitrogens is 1. The number of nitrogens with zero attached hydrogens (tertiary/aromatic N) is 3. The van der Waals surface area contributed by atoms with Gasteiger partial charge in [-0.2, -0.15) is 0 Å². The van der Waals surface area contributed by atoms with Crippen molar-refractivity contribution in [3.05, 3.63) is 34.8 Å². The Balaban J connectivity index is 1.38. The second-order valence-corrected chi connectivity index (χ2v) is 7.60. The van der Waals surface area contributed by atoms with Gasteiger partial charge in [-0.25, -0.2) is 4.98 Å². The smallest absolute Gasteiger partial charge is 0.231 e. The van der Waals surface area contributed by atoms with Gasteiger partial charge in [0.15, 0.2) is 22.4 Å². The summed E-state index contributed by atoms with van der Waals surface area (Å²) in [5.41, 5.74) is 1.24. The third-order valence-electron chi connectivity index (χ3n) is 5.10. The molecule has 0 bridgehead atoms. The fourth-order valence-corrected chi connectivity index (χ4v) is 4.38. The van der Waals surface area contributed by atoms with Crippen LogP contribution in [0.1, 0.15) is 41.5 Å². The lowest BCUT2D eigenvalue weighted by Crippen LogP contribution is -2.47. The van der Waals surface area contributed by atoms with Crippen LogP contribution in [0.25, 0.3) is 0 Å². The molecule has 0 amide bonds. The quantitative estimate of drug-likeness (QED) is 0.749. The van der Waals surface area contributed by atoms with Crippen molar-refractivity contribution >= 4 is 22.3 Å². The Morgan fingerprint density at radius 3 is 2.77 bits per heavy atom. The summed E-state index contributed by atoms with van der Waals surface area (Å²) in [6, 6.07) is 6.52. The zero-order chi connectivity index (χ0) is 18.1. The molecule has 0 saturated carbocycles. The van der Waals surface area contributed by atoms with Gasteiger partial charge in [0.2, 0.25) is 6.79 Å². The summed E-state index contributed by atoms with van der Waals surface area (Å²) in [4.78, 5) is 21.8. The fraction of sp³-hybridized carbons (Fsp3) is 0.474. The lowest BCUT2D eigenvalue weighted by Gasteiger charge is -2.38. The predicted molar refractivity (Wildman–Crippen MR) is 102 cm³/mol. The molecule has 2 aromatic rings. The van der Waals surface area contributed by atoms with E-state index < -0.39 is 0 Å². The molecular weight excluding hydrogens is 350 g/mol. The molecule has 0 unspecified atom stereocenters. The third-order valence-corrected chi connectivity index (χ3v) is 6.20. The van der Waals surface area contributed by atoms with Gasteiger partial charge in [0, 0.05) is 38.6 Å². The summed E-state index contributed by atoms with van der Waals surface area (Å²) in [6.07, 6.45) is 2.25. The van der Waals surface area contributed by atoms with Crippen LogP contribution in [0.15, 0.2) is 24.4 Å². The van der Waals surface area contributed by atoms with Crippen LogP contribution in [0.2, 0.25) is 0 Å². The van der Waals surface area contributed by atoms with Crippen LogP contribution < -0.4 is 14.4 Å². The van der Waals surface area contributed by atoms with Crippen molar-refractivity contribution in [3.63, 3.8) is 0 Å². The van der Waals surface area contributed by atoms with E-state index in [0.717, 1.165) is 47.7 Å². The Morgan fingerprint density at radius 2 is 2.00 bits per heavy atom.